The molecule has 0 aliphatic carbocycles. The summed E-state index contributed by atoms with van der Waals surface area (Å²) in [6.45, 7) is 11.6. The first kappa shape index (κ1) is 21.4. The van der Waals surface area contributed by atoms with E-state index in [9.17, 15) is 9.59 Å². The van der Waals surface area contributed by atoms with E-state index in [1.54, 1.807) is 0 Å². The molecule has 0 spiro atoms. The van der Waals surface area contributed by atoms with Gasteiger partial charge in [0, 0.05) is 22.3 Å². The molecule has 0 aliphatic heterocycles. The van der Waals surface area contributed by atoms with Crippen LogP contribution in [0, 0.1) is 10.8 Å². The molecule has 2 rings (SSSR count). The minimum Gasteiger partial charge on any atom is -0.299 e. The highest BCUT2D eigenvalue weighted by Gasteiger charge is 2.32. The number of Topliss-reactive ketones (excluding diaryl/α,β-unsaturated/α-hetero) is 2. The van der Waals surface area contributed by atoms with Crippen molar-refractivity contribution in [2.75, 3.05) is 0 Å². The van der Waals surface area contributed by atoms with Crippen LogP contribution < -0.4 is 0 Å². The van der Waals surface area contributed by atoms with Gasteiger partial charge in [-0.2, -0.15) is 0 Å². The Kier molecular flexibility index (Phi) is 6.32. The van der Waals surface area contributed by atoms with Gasteiger partial charge in [0.15, 0.2) is 0 Å². The fourth-order valence-corrected chi connectivity index (χ4v) is 2.99. The topological polar surface area (TPSA) is 34.1 Å². The first-order chi connectivity index (χ1) is 12.4. The standard InChI is InChI=1S/C24H29ClO2/c1-23(2,3)20(26)15-16-7-9-17(10-8-16)21(22(27)24(4,5)6)18-11-13-19(25)14-12-18/h7-14,21H,15H2,1-6H3. The second-order valence-corrected chi connectivity index (χ2v) is 9.63. The van der Waals surface area contributed by atoms with Crippen LogP contribution in [0.15, 0.2) is 48.5 Å². The van der Waals surface area contributed by atoms with Crippen molar-refractivity contribution in [1.82, 2.24) is 0 Å². The van der Waals surface area contributed by atoms with Crippen molar-refractivity contribution in [2.24, 2.45) is 10.8 Å². The summed E-state index contributed by atoms with van der Waals surface area (Å²) in [6, 6.07) is 15.3. The molecule has 0 amide bonds. The van der Waals surface area contributed by atoms with Gasteiger partial charge in [0.25, 0.3) is 0 Å². The molecule has 0 saturated carbocycles. The van der Waals surface area contributed by atoms with Crippen LogP contribution in [0.3, 0.4) is 0 Å². The molecule has 0 heterocycles. The maximum atomic E-state index is 13.2. The Balaban J connectivity index is 2.37. The molecule has 0 radical (unpaired) electrons. The minimum absolute atomic E-state index is 0.156. The van der Waals surface area contributed by atoms with Crippen LogP contribution in [0.1, 0.15) is 64.2 Å². The maximum Gasteiger partial charge on any atom is 0.150 e. The van der Waals surface area contributed by atoms with Crippen LogP contribution in [-0.4, -0.2) is 11.6 Å². The smallest absolute Gasteiger partial charge is 0.150 e. The summed E-state index contributed by atoms with van der Waals surface area (Å²) in [4.78, 5) is 25.4. The summed E-state index contributed by atoms with van der Waals surface area (Å²) in [6.07, 6.45) is 0.405. The molecule has 2 aromatic rings. The normalized spacial score (nSPS) is 13.3. The Labute approximate surface area is 167 Å². The Morgan fingerprint density at radius 1 is 0.778 bits per heavy atom. The summed E-state index contributed by atoms with van der Waals surface area (Å²) in [5.74, 6) is 0.00763. The van der Waals surface area contributed by atoms with Gasteiger partial charge in [-0.1, -0.05) is 89.5 Å². The monoisotopic (exact) mass is 384 g/mol. The molecule has 0 saturated heterocycles. The van der Waals surface area contributed by atoms with Gasteiger partial charge in [-0.05, 0) is 28.8 Å². The van der Waals surface area contributed by atoms with E-state index in [-0.39, 0.29) is 22.9 Å². The van der Waals surface area contributed by atoms with Crippen LogP contribution >= 0.6 is 11.6 Å². The summed E-state index contributed by atoms with van der Waals surface area (Å²) >= 11 is 6.02. The fraction of sp³-hybridized carbons (Fsp3) is 0.417. The zero-order chi connectivity index (χ0) is 20.4. The van der Waals surface area contributed by atoms with Crippen molar-refractivity contribution in [2.45, 2.75) is 53.9 Å². The van der Waals surface area contributed by atoms with Gasteiger partial charge in [0.05, 0.1) is 5.92 Å². The summed E-state index contributed by atoms with van der Waals surface area (Å²) in [5.41, 5.74) is 2.01. The highest BCUT2D eigenvalue weighted by Crippen LogP contribution is 2.34. The number of benzene rings is 2. The molecule has 27 heavy (non-hydrogen) atoms. The van der Waals surface area contributed by atoms with Gasteiger partial charge in [0.1, 0.15) is 11.6 Å². The SMILES string of the molecule is CC(C)(C)C(=O)Cc1ccc(C(C(=O)C(C)(C)C)c2ccc(Cl)cc2)cc1. The van der Waals surface area contributed by atoms with Crippen LogP contribution in [0.2, 0.25) is 5.02 Å². The van der Waals surface area contributed by atoms with Crippen molar-refractivity contribution in [3.05, 3.63) is 70.2 Å². The average Bonchev–Trinajstić information content (AvgIpc) is 2.56. The molecular formula is C24H29ClO2. The third-order valence-electron chi connectivity index (χ3n) is 4.72. The zero-order valence-electron chi connectivity index (χ0n) is 17.1. The van der Waals surface area contributed by atoms with Gasteiger partial charge < -0.3 is 0 Å². The molecule has 2 nitrogen and oxygen atoms in total. The largest absolute Gasteiger partial charge is 0.299 e. The Morgan fingerprint density at radius 2 is 1.22 bits per heavy atom. The fourth-order valence-electron chi connectivity index (χ4n) is 2.86. The van der Waals surface area contributed by atoms with Gasteiger partial charge in [-0.25, -0.2) is 0 Å². The molecule has 144 valence electrons. The third-order valence-corrected chi connectivity index (χ3v) is 4.97. The van der Waals surface area contributed by atoms with Gasteiger partial charge in [0.2, 0.25) is 0 Å². The number of carbonyl (C=O) groups excluding carboxylic acids is 2. The van der Waals surface area contributed by atoms with E-state index in [0.717, 1.165) is 16.7 Å². The lowest BCUT2D eigenvalue weighted by Gasteiger charge is -2.26. The van der Waals surface area contributed by atoms with E-state index >= 15 is 0 Å². The summed E-state index contributed by atoms with van der Waals surface area (Å²) in [5, 5.41) is 0.650. The van der Waals surface area contributed by atoms with E-state index in [1.807, 2.05) is 90.1 Å². The van der Waals surface area contributed by atoms with E-state index in [1.165, 1.54) is 0 Å². The van der Waals surface area contributed by atoms with Gasteiger partial charge >= 0.3 is 0 Å². The van der Waals surface area contributed by atoms with Gasteiger partial charge in [-0.3, -0.25) is 9.59 Å². The van der Waals surface area contributed by atoms with Crippen molar-refractivity contribution in [3.63, 3.8) is 0 Å². The Bertz CT molecular complexity index is 803. The van der Waals surface area contributed by atoms with Crippen molar-refractivity contribution in [1.29, 1.82) is 0 Å². The van der Waals surface area contributed by atoms with Crippen LogP contribution in [0.25, 0.3) is 0 Å². The second-order valence-electron chi connectivity index (χ2n) is 9.19. The minimum atomic E-state index is -0.467. The molecule has 3 heteroatoms. The van der Waals surface area contributed by atoms with E-state index in [2.05, 4.69) is 0 Å². The molecule has 1 unspecified atom stereocenters. The lowest BCUT2D eigenvalue weighted by atomic mass is 9.76. The van der Waals surface area contributed by atoms with Crippen molar-refractivity contribution < 1.29 is 9.59 Å². The lowest BCUT2D eigenvalue weighted by molar-refractivity contribution is -0.127. The number of halogens is 1. The Morgan fingerprint density at radius 3 is 1.63 bits per heavy atom. The maximum absolute atomic E-state index is 13.2. The molecule has 0 aliphatic rings. The number of ketones is 2. The average molecular weight is 385 g/mol. The molecule has 0 N–H and O–H groups in total. The highest BCUT2D eigenvalue weighted by atomic mass is 35.5. The lowest BCUT2D eigenvalue weighted by Crippen LogP contribution is -2.27. The molecule has 0 fully saturated rings. The molecule has 2 aromatic carbocycles. The van der Waals surface area contributed by atoms with Crippen molar-refractivity contribution in [3.8, 4) is 0 Å². The van der Waals surface area contributed by atoms with E-state index < -0.39 is 5.41 Å². The zero-order valence-corrected chi connectivity index (χ0v) is 17.9. The molecular weight excluding hydrogens is 356 g/mol. The highest BCUT2D eigenvalue weighted by molar-refractivity contribution is 6.30. The van der Waals surface area contributed by atoms with Crippen LogP contribution in [0.5, 0.6) is 0 Å². The van der Waals surface area contributed by atoms with Crippen LogP contribution in [-0.2, 0) is 16.0 Å². The summed E-state index contributed by atoms with van der Waals surface area (Å²) < 4.78 is 0. The summed E-state index contributed by atoms with van der Waals surface area (Å²) in [7, 11) is 0. The first-order valence-electron chi connectivity index (χ1n) is 9.31. The molecule has 1 atom stereocenters. The first-order valence-corrected chi connectivity index (χ1v) is 9.69. The predicted molar refractivity (Wildman–Crippen MR) is 112 cm³/mol. The Hall–Kier alpha value is -1.93. The van der Waals surface area contributed by atoms with Crippen LogP contribution in [0.4, 0.5) is 0 Å². The number of carbonyl (C=O) groups is 2. The molecule has 0 aromatic heterocycles. The predicted octanol–water partition coefficient (Wildman–Crippen LogP) is 6.24. The number of rotatable bonds is 5. The number of hydrogen-bond acceptors (Lipinski definition) is 2. The van der Waals surface area contributed by atoms with E-state index in [0.29, 0.717) is 11.4 Å². The number of hydrogen-bond donors (Lipinski definition) is 0. The molecule has 0 bridgehead atoms. The van der Waals surface area contributed by atoms with Gasteiger partial charge in [-0.15, -0.1) is 0 Å². The third kappa shape index (κ3) is 5.52. The second kappa shape index (κ2) is 7.98. The van der Waals surface area contributed by atoms with E-state index in [4.69, 9.17) is 11.6 Å². The quantitative estimate of drug-likeness (QED) is 0.610. The van der Waals surface area contributed by atoms with Crippen molar-refractivity contribution >= 4 is 23.2 Å².